The summed E-state index contributed by atoms with van der Waals surface area (Å²) in [6.45, 7) is 0.638. The van der Waals surface area contributed by atoms with E-state index in [1.165, 1.54) is 5.56 Å². The van der Waals surface area contributed by atoms with Gasteiger partial charge in [-0.25, -0.2) is 0 Å². The van der Waals surface area contributed by atoms with Crippen LogP contribution >= 0.6 is 0 Å². The normalized spacial score (nSPS) is 26.5. The van der Waals surface area contributed by atoms with Crippen molar-refractivity contribution >= 4 is 19.0 Å². The van der Waals surface area contributed by atoms with E-state index in [4.69, 9.17) is 9.76 Å². The molecule has 1 aromatic rings. The number of rotatable bonds is 4. The number of benzene rings is 1. The molecule has 0 bridgehead atoms. The predicted molar refractivity (Wildman–Crippen MR) is 87.0 cm³/mol. The molecule has 0 aromatic heterocycles. The smallest absolute Gasteiger partial charge is 0.478 e. The highest BCUT2D eigenvalue weighted by Gasteiger charge is 2.38. The topological polar surface area (TPSA) is 108 Å². The molecule has 7 nitrogen and oxygen atoms in total. The summed E-state index contributed by atoms with van der Waals surface area (Å²) in [4.78, 5) is 23.1. The van der Waals surface area contributed by atoms with E-state index in [1.54, 1.807) is 0 Å². The molecule has 24 heavy (non-hydrogen) atoms. The van der Waals surface area contributed by atoms with E-state index >= 15 is 0 Å². The van der Waals surface area contributed by atoms with Crippen molar-refractivity contribution in [1.29, 1.82) is 0 Å². The van der Waals surface area contributed by atoms with Crippen LogP contribution in [0.2, 0.25) is 0 Å². The van der Waals surface area contributed by atoms with Crippen LogP contribution in [0.5, 0.6) is 0 Å². The maximum Gasteiger partial charge on any atom is 0.478 e. The van der Waals surface area contributed by atoms with Gasteiger partial charge in [0.1, 0.15) is 0 Å². The van der Waals surface area contributed by atoms with E-state index in [0.29, 0.717) is 25.8 Å². The molecule has 1 amide bonds. The number of carboxylic acid groups (broad SMARTS) is 1. The lowest BCUT2D eigenvalue weighted by atomic mass is 9.72. The van der Waals surface area contributed by atoms with Crippen molar-refractivity contribution in [2.24, 2.45) is 0 Å². The highest BCUT2D eigenvalue weighted by Crippen LogP contribution is 2.20. The molecular weight excluding hydrogens is 311 g/mol. The zero-order valence-electron chi connectivity index (χ0n) is 13.3. The number of hydrogen-bond acceptors (Lipinski definition) is 5. The lowest BCUT2D eigenvalue weighted by molar-refractivity contribution is -0.139. The molecule has 4 N–H and O–H groups in total. The van der Waals surface area contributed by atoms with Crippen LogP contribution < -0.4 is 10.6 Å². The first kappa shape index (κ1) is 16.9. The van der Waals surface area contributed by atoms with Crippen LogP contribution in [0.3, 0.4) is 0 Å². The largest absolute Gasteiger partial charge is 0.481 e. The summed E-state index contributed by atoms with van der Waals surface area (Å²) in [5.41, 5.74) is 2.34. The predicted octanol–water partition coefficient (Wildman–Crippen LogP) is -0.141. The molecule has 0 aliphatic carbocycles. The molecule has 1 saturated heterocycles. The van der Waals surface area contributed by atoms with Crippen molar-refractivity contribution in [2.75, 3.05) is 0 Å². The van der Waals surface area contributed by atoms with Gasteiger partial charge in [0.05, 0.1) is 24.5 Å². The summed E-state index contributed by atoms with van der Waals surface area (Å²) >= 11 is 0. The molecule has 2 aliphatic heterocycles. The van der Waals surface area contributed by atoms with E-state index in [9.17, 15) is 14.6 Å². The molecule has 3 atom stereocenters. The Kier molecular flexibility index (Phi) is 5.18. The van der Waals surface area contributed by atoms with Gasteiger partial charge < -0.3 is 25.4 Å². The summed E-state index contributed by atoms with van der Waals surface area (Å²) in [6.07, 6.45) is 0.945. The molecule has 8 heteroatoms. The van der Waals surface area contributed by atoms with Gasteiger partial charge in [-0.1, -0.05) is 24.3 Å². The monoisotopic (exact) mass is 332 g/mol. The summed E-state index contributed by atoms with van der Waals surface area (Å²) in [5.74, 6) is -1.64. The Hall–Kier alpha value is -1.90. The van der Waals surface area contributed by atoms with E-state index in [2.05, 4.69) is 10.6 Å². The quantitative estimate of drug-likeness (QED) is 0.572. The molecule has 2 heterocycles. The van der Waals surface area contributed by atoms with Crippen LogP contribution in [0, 0.1) is 0 Å². The second-order valence-corrected chi connectivity index (χ2v) is 6.35. The lowest BCUT2D eigenvalue weighted by Crippen LogP contribution is -2.57. The summed E-state index contributed by atoms with van der Waals surface area (Å²) < 4.78 is 5.29. The standard InChI is InChI=1S/C16H21BN2O5/c20-15(21)8-12-5-6-14(17(23)24-12)19-16(22)13-7-10-3-1-2-4-11(10)9-18-13/h1-4,12-14,18,23H,5-9H2,(H,19,22)(H,20,21)/t12-,13?,14-/m0/s1. The van der Waals surface area contributed by atoms with Crippen molar-refractivity contribution in [3.8, 4) is 0 Å². The minimum atomic E-state index is -1.18. The maximum absolute atomic E-state index is 12.4. The first-order chi connectivity index (χ1) is 11.5. The number of carboxylic acids is 1. The molecule has 1 fully saturated rings. The highest BCUT2D eigenvalue weighted by molar-refractivity contribution is 6.45. The number of fused-ring (bicyclic) bond motifs is 1. The molecule has 128 valence electrons. The zero-order chi connectivity index (χ0) is 17.1. The van der Waals surface area contributed by atoms with Crippen LogP contribution in [0.15, 0.2) is 24.3 Å². The SMILES string of the molecule is O=C(O)C[C@@H]1CC[C@H](NC(=O)C2Cc3ccccc3CN2)B(O)O1. The molecule has 1 unspecified atom stereocenters. The molecule has 3 rings (SSSR count). The lowest BCUT2D eigenvalue weighted by Gasteiger charge is -2.33. The summed E-state index contributed by atoms with van der Waals surface area (Å²) in [5, 5.41) is 24.8. The van der Waals surface area contributed by atoms with Crippen molar-refractivity contribution in [3.63, 3.8) is 0 Å². The highest BCUT2D eigenvalue weighted by atomic mass is 16.5. The Morgan fingerprint density at radius 2 is 2.04 bits per heavy atom. The molecule has 2 aliphatic rings. The first-order valence-corrected chi connectivity index (χ1v) is 8.19. The van der Waals surface area contributed by atoms with E-state index in [0.717, 1.165) is 5.56 Å². The van der Waals surface area contributed by atoms with Crippen molar-refractivity contribution < 1.29 is 24.4 Å². The molecule has 1 aromatic carbocycles. The maximum atomic E-state index is 12.4. The zero-order valence-corrected chi connectivity index (χ0v) is 13.3. The number of amides is 1. The molecular formula is C16H21BN2O5. The third-order valence-electron chi connectivity index (χ3n) is 4.60. The Labute approximate surface area is 140 Å². The first-order valence-electron chi connectivity index (χ1n) is 8.19. The van der Waals surface area contributed by atoms with Gasteiger partial charge in [0.2, 0.25) is 5.91 Å². The van der Waals surface area contributed by atoms with Crippen molar-refractivity contribution in [1.82, 2.24) is 10.6 Å². The number of hydrogen-bond donors (Lipinski definition) is 4. The van der Waals surface area contributed by atoms with Gasteiger partial charge in [0.25, 0.3) is 0 Å². The number of aliphatic carboxylic acids is 1. The van der Waals surface area contributed by atoms with Gasteiger partial charge in [-0.2, -0.15) is 0 Å². The van der Waals surface area contributed by atoms with Crippen LogP contribution in [0.1, 0.15) is 30.4 Å². The second-order valence-electron chi connectivity index (χ2n) is 6.35. The Morgan fingerprint density at radius 1 is 1.29 bits per heavy atom. The summed E-state index contributed by atoms with van der Waals surface area (Å²) in [7, 11) is -1.18. The number of nitrogens with one attached hydrogen (secondary N) is 2. The van der Waals surface area contributed by atoms with Crippen LogP contribution in [-0.2, 0) is 27.2 Å². The van der Waals surface area contributed by atoms with Gasteiger partial charge in [-0.15, -0.1) is 0 Å². The van der Waals surface area contributed by atoms with Crippen LogP contribution in [-0.4, -0.2) is 47.2 Å². The summed E-state index contributed by atoms with van der Waals surface area (Å²) in [6, 6.07) is 7.65. The molecule has 0 saturated carbocycles. The van der Waals surface area contributed by atoms with Crippen molar-refractivity contribution in [3.05, 3.63) is 35.4 Å². The van der Waals surface area contributed by atoms with E-state index in [-0.39, 0.29) is 18.4 Å². The third kappa shape index (κ3) is 3.95. The minimum Gasteiger partial charge on any atom is -0.481 e. The Morgan fingerprint density at radius 3 is 2.75 bits per heavy atom. The van der Waals surface area contributed by atoms with Gasteiger partial charge in [0, 0.05) is 6.54 Å². The Bertz CT molecular complexity index is 626. The van der Waals surface area contributed by atoms with E-state index < -0.39 is 25.1 Å². The fraction of sp³-hybridized carbons (Fsp3) is 0.500. The molecule has 0 radical (unpaired) electrons. The number of carbonyl (C=O) groups excluding carboxylic acids is 1. The van der Waals surface area contributed by atoms with Crippen molar-refractivity contribution in [2.45, 2.75) is 50.3 Å². The average molecular weight is 332 g/mol. The second kappa shape index (κ2) is 7.33. The Balaban J connectivity index is 1.53. The number of carbonyl (C=O) groups is 2. The fourth-order valence-electron chi connectivity index (χ4n) is 3.28. The minimum absolute atomic E-state index is 0.140. The van der Waals surface area contributed by atoms with Gasteiger partial charge in [0.15, 0.2) is 0 Å². The van der Waals surface area contributed by atoms with Crippen LogP contribution in [0.4, 0.5) is 0 Å². The van der Waals surface area contributed by atoms with E-state index in [1.807, 2.05) is 24.3 Å². The van der Waals surface area contributed by atoms with Gasteiger partial charge in [-0.05, 0) is 30.4 Å². The average Bonchev–Trinajstić information content (AvgIpc) is 2.56. The van der Waals surface area contributed by atoms with Crippen LogP contribution in [0.25, 0.3) is 0 Å². The third-order valence-corrected chi connectivity index (χ3v) is 4.60. The van der Waals surface area contributed by atoms with Gasteiger partial charge >= 0.3 is 13.1 Å². The molecule has 0 spiro atoms. The fourth-order valence-corrected chi connectivity index (χ4v) is 3.28. The van der Waals surface area contributed by atoms with Gasteiger partial charge in [-0.3, -0.25) is 9.59 Å².